The average molecular weight is 232 g/mol. The average Bonchev–Trinajstić information content (AvgIpc) is 2.35. The molecule has 84 valence electrons. The topological polar surface area (TPSA) is 24.9 Å². The van der Waals surface area contributed by atoms with E-state index in [-0.39, 0.29) is 0 Å². The van der Waals surface area contributed by atoms with Gasteiger partial charge in [-0.1, -0.05) is 24.3 Å². The number of hydrogen-bond donors (Lipinski definition) is 1. The van der Waals surface area contributed by atoms with Crippen molar-refractivity contribution in [2.45, 2.75) is 6.54 Å². The summed E-state index contributed by atoms with van der Waals surface area (Å²) in [5.41, 5.74) is 2.39. The molecule has 2 aromatic rings. The van der Waals surface area contributed by atoms with E-state index in [1.54, 1.807) is 0 Å². The molecule has 0 fully saturated rings. The Morgan fingerprint density at radius 3 is 3.00 bits per heavy atom. The number of pyridine rings is 1. The fourth-order valence-corrected chi connectivity index (χ4v) is 2.06. The van der Waals surface area contributed by atoms with E-state index in [1.165, 1.54) is 10.9 Å². The van der Waals surface area contributed by atoms with Gasteiger partial charge in [0.05, 0.1) is 5.52 Å². The number of aromatic nitrogens is 1. The summed E-state index contributed by atoms with van der Waals surface area (Å²) in [7, 11) is 0. The molecular weight excluding hydrogens is 216 g/mol. The molecule has 1 aromatic carbocycles. The highest BCUT2D eigenvalue weighted by Crippen LogP contribution is 2.15. The Bertz CT molecular complexity index is 451. The fraction of sp³-hybridized carbons (Fsp3) is 0.308. The van der Waals surface area contributed by atoms with E-state index in [0.717, 1.165) is 24.4 Å². The molecule has 0 aliphatic heterocycles. The number of para-hydroxylation sites is 1. The Kier molecular flexibility index (Phi) is 4.19. The van der Waals surface area contributed by atoms with Crippen LogP contribution in [0.3, 0.4) is 0 Å². The zero-order chi connectivity index (χ0) is 11.2. The number of fused-ring (bicyclic) bond motifs is 1. The van der Waals surface area contributed by atoms with E-state index < -0.39 is 0 Å². The normalized spacial score (nSPS) is 10.8. The van der Waals surface area contributed by atoms with Gasteiger partial charge < -0.3 is 5.32 Å². The van der Waals surface area contributed by atoms with E-state index in [1.807, 2.05) is 24.0 Å². The largest absolute Gasteiger partial charge is 0.312 e. The summed E-state index contributed by atoms with van der Waals surface area (Å²) in [5.74, 6) is 1.15. The summed E-state index contributed by atoms with van der Waals surface area (Å²) in [6.45, 7) is 1.94. The van der Waals surface area contributed by atoms with E-state index in [4.69, 9.17) is 0 Å². The minimum atomic E-state index is 0.898. The zero-order valence-electron chi connectivity index (χ0n) is 9.44. The first kappa shape index (κ1) is 11.4. The van der Waals surface area contributed by atoms with Crippen molar-refractivity contribution in [1.29, 1.82) is 0 Å². The van der Waals surface area contributed by atoms with Crippen molar-refractivity contribution in [3.63, 3.8) is 0 Å². The van der Waals surface area contributed by atoms with Crippen LogP contribution in [0.4, 0.5) is 0 Å². The molecule has 0 saturated carbocycles. The third kappa shape index (κ3) is 2.74. The smallest absolute Gasteiger partial charge is 0.0746 e. The van der Waals surface area contributed by atoms with Gasteiger partial charge in [-0.25, -0.2) is 0 Å². The summed E-state index contributed by atoms with van der Waals surface area (Å²) in [6.07, 6.45) is 3.98. The second-order valence-corrected chi connectivity index (χ2v) is 4.65. The Labute approximate surface area is 100 Å². The predicted octanol–water partition coefficient (Wildman–Crippen LogP) is 2.69. The Balaban J connectivity index is 2.11. The Morgan fingerprint density at radius 2 is 2.12 bits per heavy atom. The number of thioether (sulfide) groups is 1. The molecule has 2 rings (SSSR count). The minimum Gasteiger partial charge on any atom is -0.312 e. The van der Waals surface area contributed by atoms with Crippen molar-refractivity contribution in [2.24, 2.45) is 0 Å². The van der Waals surface area contributed by atoms with Gasteiger partial charge in [-0.2, -0.15) is 11.8 Å². The van der Waals surface area contributed by atoms with Gasteiger partial charge >= 0.3 is 0 Å². The first-order chi connectivity index (χ1) is 7.92. The van der Waals surface area contributed by atoms with Crippen LogP contribution in [0.25, 0.3) is 10.9 Å². The highest BCUT2D eigenvalue weighted by Gasteiger charge is 2.00. The first-order valence-corrected chi connectivity index (χ1v) is 6.83. The van der Waals surface area contributed by atoms with Gasteiger partial charge in [-0.3, -0.25) is 4.98 Å². The molecule has 0 radical (unpaired) electrons. The van der Waals surface area contributed by atoms with Gasteiger partial charge in [0, 0.05) is 30.4 Å². The van der Waals surface area contributed by atoms with Gasteiger partial charge in [0.2, 0.25) is 0 Å². The summed E-state index contributed by atoms with van der Waals surface area (Å²) >= 11 is 1.86. The van der Waals surface area contributed by atoms with Gasteiger partial charge in [-0.05, 0) is 17.9 Å². The summed E-state index contributed by atoms with van der Waals surface area (Å²) in [4.78, 5) is 4.43. The van der Waals surface area contributed by atoms with Crippen LogP contribution in [0, 0.1) is 0 Å². The molecule has 1 aromatic heterocycles. The number of nitrogens with one attached hydrogen (secondary N) is 1. The van der Waals surface area contributed by atoms with Crippen LogP contribution >= 0.6 is 11.8 Å². The van der Waals surface area contributed by atoms with Gasteiger partial charge in [0.1, 0.15) is 0 Å². The monoisotopic (exact) mass is 232 g/mol. The Morgan fingerprint density at radius 1 is 1.25 bits per heavy atom. The van der Waals surface area contributed by atoms with Crippen molar-refractivity contribution in [3.8, 4) is 0 Å². The predicted molar refractivity (Wildman–Crippen MR) is 71.8 cm³/mol. The fourth-order valence-electron chi connectivity index (χ4n) is 1.71. The Hall–Kier alpha value is -1.06. The molecule has 2 nitrogen and oxygen atoms in total. The molecule has 3 heteroatoms. The molecule has 0 saturated heterocycles. The number of nitrogens with zero attached hydrogens (tertiary/aromatic N) is 1. The van der Waals surface area contributed by atoms with Crippen molar-refractivity contribution in [3.05, 3.63) is 42.1 Å². The summed E-state index contributed by atoms with van der Waals surface area (Å²) in [6, 6.07) is 10.4. The molecule has 0 bridgehead atoms. The van der Waals surface area contributed by atoms with Crippen molar-refractivity contribution in [1.82, 2.24) is 10.3 Å². The molecule has 0 atom stereocenters. The maximum atomic E-state index is 4.43. The third-order valence-electron chi connectivity index (χ3n) is 2.51. The van der Waals surface area contributed by atoms with Crippen LogP contribution in [0.1, 0.15) is 5.56 Å². The lowest BCUT2D eigenvalue weighted by Gasteiger charge is -2.06. The van der Waals surface area contributed by atoms with Gasteiger partial charge in [0.25, 0.3) is 0 Å². The van der Waals surface area contributed by atoms with E-state index >= 15 is 0 Å². The molecule has 0 unspecified atom stereocenters. The third-order valence-corrected chi connectivity index (χ3v) is 3.13. The van der Waals surface area contributed by atoms with Crippen molar-refractivity contribution < 1.29 is 0 Å². The van der Waals surface area contributed by atoms with E-state index in [2.05, 4.69) is 40.8 Å². The first-order valence-electron chi connectivity index (χ1n) is 5.44. The molecule has 1 heterocycles. The van der Waals surface area contributed by atoms with E-state index in [0.29, 0.717) is 0 Å². The molecule has 16 heavy (non-hydrogen) atoms. The van der Waals surface area contributed by atoms with Crippen LogP contribution < -0.4 is 5.32 Å². The van der Waals surface area contributed by atoms with Crippen molar-refractivity contribution >= 4 is 22.7 Å². The lowest BCUT2D eigenvalue weighted by Crippen LogP contribution is -2.16. The van der Waals surface area contributed by atoms with Crippen LogP contribution in [0.15, 0.2) is 36.5 Å². The minimum absolute atomic E-state index is 0.898. The summed E-state index contributed by atoms with van der Waals surface area (Å²) in [5, 5.41) is 4.65. The standard InChI is InChI=1S/C13H16N2S/c1-16-9-8-14-10-12-5-2-4-11-6-3-7-15-13(11)12/h2-7,14H,8-10H2,1H3. The summed E-state index contributed by atoms with van der Waals surface area (Å²) < 4.78 is 0. The van der Waals surface area contributed by atoms with Crippen LogP contribution in [0.5, 0.6) is 0 Å². The molecule has 0 spiro atoms. The molecule has 0 amide bonds. The SMILES string of the molecule is CSCCNCc1cccc2cccnc12. The maximum absolute atomic E-state index is 4.43. The molecule has 0 aliphatic carbocycles. The van der Waals surface area contributed by atoms with Gasteiger partial charge in [0.15, 0.2) is 0 Å². The highest BCUT2D eigenvalue weighted by molar-refractivity contribution is 7.98. The highest BCUT2D eigenvalue weighted by atomic mass is 32.2. The van der Waals surface area contributed by atoms with Crippen LogP contribution in [0.2, 0.25) is 0 Å². The van der Waals surface area contributed by atoms with Crippen LogP contribution in [-0.2, 0) is 6.54 Å². The second kappa shape index (κ2) is 5.87. The lowest BCUT2D eigenvalue weighted by molar-refractivity contribution is 0.735. The molecule has 1 N–H and O–H groups in total. The molecular formula is C13H16N2S. The van der Waals surface area contributed by atoms with Gasteiger partial charge in [-0.15, -0.1) is 0 Å². The number of rotatable bonds is 5. The lowest BCUT2D eigenvalue weighted by atomic mass is 10.1. The second-order valence-electron chi connectivity index (χ2n) is 3.66. The van der Waals surface area contributed by atoms with E-state index in [9.17, 15) is 0 Å². The number of benzene rings is 1. The molecule has 0 aliphatic rings. The zero-order valence-corrected chi connectivity index (χ0v) is 10.3. The quantitative estimate of drug-likeness (QED) is 0.802. The van der Waals surface area contributed by atoms with Crippen LogP contribution in [-0.4, -0.2) is 23.5 Å². The van der Waals surface area contributed by atoms with Crippen molar-refractivity contribution in [2.75, 3.05) is 18.6 Å². The number of hydrogen-bond acceptors (Lipinski definition) is 3. The maximum Gasteiger partial charge on any atom is 0.0746 e.